The summed E-state index contributed by atoms with van der Waals surface area (Å²) in [6.45, 7) is 4.54. The molecule has 0 radical (unpaired) electrons. The van der Waals surface area contributed by atoms with Crippen LogP contribution in [0.15, 0.2) is 29.1 Å². The van der Waals surface area contributed by atoms with Crippen molar-refractivity contribution in [2.24, 2.45) is 0 Å². The van der Waals surface area contributed by atoms with Gasteiger partial charge in [0.2, 0.25) is 5.95 Å². The molecule has 2 N–H and O–H groups in total. The van der Waals surface area contributed by atoms with Crippen LogP contribution < -0.4 is 16.5 Å². The van der Waals surface area contributed by atoms with Gasteiger partial charge < -0.3 is 0 Å². The molecule has 0 aliphatic heterocycles. The topological polar surface area (TPSA) is 71.8 Å². The Bertz CT molecular complexity index is 655. The third-order valence-corrected chi connectivity index (χ3v) is 2.99. The molecule has 2 aromatic rings. The number of benzene rings is 1. The van der Waals surface area contributed by atoms with E-state index in [1.165, 1.54) is 4.57 Å². The summed E-state index contributed by atoms with van der Waals surface area (Å²) < 4.78 is 1.43. The summed E-state index contributed by atoms with van der Waals surface area (Å²) in [4.78, 5) is 20.4. The van der Waals surface area contributed by atoms with Gasteiger partial charge >= 0.3 is 5.69 Å². The Balaban J connectivity index is 2.54. The molecule has 106 valence electrons. The lowest BCUT2D eigenvalue weighted by Crippen LogP contribution is -2.31. The zero-order chi connectivity index (χ0) is 14.5. The third-order valence-electron chi connectivity index (χ3n) is 2.67. The van der Waals surface area contributed by atoms with Crippen LogP contribution in [0, 0.1) is 0 Å². The molecular formula is C13H16ClN5O. The summed E-state index contributed by atoms with van der Waals surface area (Å²) in [6.07, 6.45) is 0.587. The minimum Gasteiger partial charge on any atom is -0.289 e. The summed E-state index contributed by atoms with van der Waals surface area (Å²) in [5, 5.41) is 0.486. The van der Waals surface area contributed by atoms with Crippen molar-refractivity contribution < 1.29 is 0 Å². The summed E-state index contributed by atoms with van der Waals surface area (Å²) in [6, 6.07) is 7.12. The van der Waals surface area contributed by atoms with Crippen molar-refractivity contribution >= 4 is 17.5 Å². The molecule has 1 aromatic heterocycles. The molecule has 0 atom stereocenters. The highest BCUT2D eigenvalue weighted by atomic mass is 35.5. The van der Waals surface area contributed by atoms with Crippen LogP contribution in [-0.4, -0.2) is 21.1 Å². The second kappa shape index (κ2) is 6.49. The van der Waals surface area contributed by atoms with Crippen LogP contribution in [0.25, 0.3) is 5.69 Å². The van der Waals surface area contributed by atoms with Crippen LogP contribution in [0.1, 0.15) is 19.7 Å². The number of hydrogen-bond donors (Lipinski definition) is 2. The van der Waals surface area contributed by atoms with Crippen molar-refractivity contribution in [3.05, 3.63) is 45.6 Å². The first kappa shape index (κ1) is 14.5. The lowest BCUT2D eigenvalue weighted by atomic mass is 10.3. The average molecular weight is 294 g/mol. The second-order valence-corrected chi connectivity index (χ2v) is 4.45. The number of aryl methyl sites for hydroxylation is 1. The summed E-state index contributed by atoms with van der Waals surface area (Å²) >= 11 is 6.14. The molecule has 1 heterocycles. The molecule has 0 unspecified atom stereocenters. The SMILES string of the molecule is CCNNc1nc(CC)n(-c2ccccc2Cl)c(=O)n1. The quantitative estimate of drug-likeness (QED) is 0.822. The van der Waals surface area contributed by atoms with Crippen molar-refractivity contribution in [3.8, 4) is 5.69 Å². The number of hydrazine groups is 1. The molecule has 0 aliphatic carbocycles. The van der Waals surface area contributed by atoms with Gasteiger partial charge in [-0.2, -0.15) is 9.97 Å². The maximum Gasteiger partial charge on any atom is 0.356 e. The Morgan fingerprint density at radius 3 is 2.65 bits per heavy atom. The first-order valence-corrected chi connectivity index (χ1v) is 6.78. The number of rotatable bonds is 5. The fourth-order valence-electron chi connectivity index (χ4n) is 1.78. The standard InChI is InChI=1S/C13H16ClN5O/c1-3-11-16-12(18-15-4-2)17-13(20)19(11)10-8-6-5-7-9(10)14/h5-8,15H,3-4H2,1-2H3,(H,17,18,20). The lowest BCUT2D eigenvalue weighted by Gasteiger charge is -2.13. The molecule has 0 spiro atoms. The zero-order valence-corrected chi connectivity index (χ0v) is 12.1. The van der Waals surface area contributed by atoms with E-state index >= 15 is 0 Å². The van der Waals surface area contributed by atoms with E-state index in [1.807, 2.05) is 26.0 Å². The summed E-state index contributed by atoms with van der Waals surface area (Å²) in [5.41, 5.74) is 5.83. The van der Waals surface area contributed by atoms with E-state index in [2.05, 4.69) is 20.8 Å². The third kappa shape index (κ3) is 2.97. The normalized spacial score (nSPS) is 10.6. The molecule has 0 fully saturated rings. The van der Waals surface area contributed by atoms with Gasteiger partial charge in [-0.3, -0.25) is 5.43 Å². The van der Waals surface area contributed by atoms with Crippen LogP contribution >= 0.6 is 11.6 Å². The van der Waals surface area contributed by atoms with E-state index in [-0.39, 0.29) is 5.95 Å². The highest BCUT2D eigenvalue weighted by Gasteiger charge is 2.12. The van der Waals surface area contributed by atoms with Gasteiger partial charge in [-0.1, -0.05) is 37.6 Å². The molecule has 7 heteroatoms. The minimum absolute atomic E-state index is 0.261. The van der Waals surface area contributed by atoms with Crippen molar-refractivity contribution in [3.63, 3.8) is 0 Å². The van der Waals surface area contributed by atoms with Gasteiger partial charge in [0.25, 0.3) is 0 Å². The fraction of sp³-hybridized carbons (Fsp3) is 0.308. The van der Waals surface area contributed by atoms with Crippen LogP contribution in [0.5, 0.6) is 0 Å². The van der Waals surface area contributed by atoms with Crippen molar-refractivity contribution in [1.29, 1.82) is 0 Å². The molecule has 0 saturated carbocycles. The van der Waals surface area contributed by atoms with E-state index in [0.717, 1.165) is 0 Å². The number of anilines is 1. The van der Waals surface area contributed by atoms with E-state index in [1.54, 1.807) is 12.1 Å². The van der Waals surface area contributed by atoms with E-state index in [4.69, 9.17) is 11.6 Å². The Labute approximate surface area is 121 Å². The predicted octanol–water partition coefficient (Wildman–Crippen LogP) is 1.78. The first-order chi connectivity index (χ1) is 9.67. The predicted molar refractivity (Wildman–Crippen MR) is 79.3 cm³/mol. The maximum atomic E-state index is 12.2. The Kier molecular flexibility index (Phi) is 4.70. The van der Waals surface area contributed by atoms with Crippen LogP contribution in [-0.2, 0) is 6.42 Å². The number of para-hydroxylation sites is 1. The van der Waals surface area contributed by atoms with Gasteiger partial charge in [0.15, 0.2) is 0 Å². The van der Waals surface area contributed by atoms with Gasteiger partial charge in [0.1, 0.15) is 5.82 Å². The van der Waals surface area contributed by atoms with Crippen LogP contribution in [0.2, 0.25) is 5.02 Å². The van der Waals surface area contributed by atoms with Gasteiger partial charge in [0, 0.05) is 13.0 Å². The van der Waals surface area contributed by atoms with Crippen molar-refractivity contribution in [2.45, 2.75) is 20.3 Å². The molecule has 2 rings (SSSR count). The van der Waals surface area contributed by atoms with E-state index in [0.29, 0.717) is 29.5 Å². The average Bonchev–Trinajstić information content (AvgIpc) is 2.45. The van der Waals surface area contributed by atoms with Crippen LogP contribution in [0.3, 0.4) is 0 Å². The monoisotopic (exact) mass is 293 g/mol. The van der Waals surface area contributed by atoms with Gasteiger partial charge in [-0.15, -0.1) is 0 Å². The molecule has 0 saturated heterocycles. The molecule has 20 heavy (non-hydrogen) atoms. The van der Waals surface area contributed by atoms with E-state index in [9.17, 15) is 4.79 Å². The Morgan fingerprint density at radius 1 is 1.25 bits per heavy atom. The van der Waals surface area contributed by atoms with Crippen molar-refractivity contribution in [1.82, 2.24) is 20.0 Å². The largest absolute Gasteiger partial charge is 0.356 e. The lowest BCUT2D eigenvalue weighted by molar-refractivity contribution is 0.747. The number of aromatic nitrogens is 3. The molecule has 6 nitrogen and oxygen atoms in total. The van der Waals surface area contributed by atoms with Gasteiger partial charge in [-0.05, 0) is 12.1 Å². The first-order valence-electron chi connectivity index (χ1n) is 6.41. The van der Waals surface area contributed by atoms with Crippen LogP contribution in [0.4, 0.5) is 5.95 Å². The smallest absolute Gasteiger partial charge is 0.289 e. The van der Waals surface area contributed by atoms with Crippen molar-refractivity contribution in [2.75, 3.05) is 12.0 Å². The highest BCUT2D eigenvalue weighted by Crippen LogP contribution is 2.19. The Hall–Kier alpha value is -1.92. The maximum absolute atomic E-state index is 12.2. The number of hydrogen-bond acceptors (Lipinski definition) is 5. The van der Waals surface area contributed by atoms with Gasteiger partial charge in [-0.25, -0.2) is 14.8 Å². The summed E-state index contributed by atoms with van der Waals surface area (Å²) in [7, 11) is 0. The van der Waals surface area contributed by atoms with Gasteiger partial charge in [0.05, 0.1) is 10.7 Å². The molecule has 0 aliphatic rings. The number of halogens is 1. The molecule has 1 aromatic carbocycles. The fourth-order valence-corrected chi connectivity index (χ4v) is 2.00. The molecular weight excluding hydrogens is 278 g/mol. The van der Waals surface area contributed by atoms with E-state index < -0.39 is 5.69 Å². The zero-order valence-electron chi connectivity index (χ0n) is 11.4. The number of nitrogens with zero attached hydrogens (tertiary/aromatic N) is 3. The second-order valence-electron chi connectivity index (χ2n) is 4.04. The minimum atomic E-state index is -0.412. The molecule has 0 bridgehead atoms. The summed E-state index contributed by atoms with van der Waals surface area (Å²) in [5.74, 6) is 0.857. The number of nitrogens with one attached hydrogen (secondary N) is 2. The molecule has 0 amide bonds. The highest BCUT2D eigenvalue weighted by molar-refractivity contribution is 6.32. The Morgan fingerprint density at radius 2 is 2.00 bits per heavy atom.